The monoisotopic (exact) mass is 482 g/mol. The number of rotatable bonds is 5. The molecule has 0 aliphatic rings. The van der Waals surface area contributed by atoms with E-state index in [1.165, 1.54) is 36.4 Å². The summed E-state index contributed by atoms with van der Waals surface area (Å²) in [5, 5.41) is 18.9. The van der Waals surface area contributed by atoms with Crippen LogP contribution in [0.5, 0.6) is 5.88 Å². The highest BCUT2D eigenvalue weighted by Gasteiger charge is 2.18. The number of aromatic hydroxyl groups is 1. The molecule has 8 nitrogen and oxygen atoms in total. The van der Waals surface area contributed by atoms with Gasteiger partial charge in [-0.05, 0) is 67.4 Å². The van der Waals surface area contributed by atoms with Gasteiger partial charge in [-0.25, -0.2) is 8.42 Å². The number of benzene rings is 3. The molecule has 4 rings (SSSR count). The molecule has 1 amide bonds. The summed E-state index contributed by atoms with van der Waals surface area (Å²) in [6.07, 6.45) is 0. The number of anilines is 1. The van der Waals surface area contributed by atoms with Crippen LogP contribution < -0.4 is 4.72 Å². The summed E-state index contributed by atoms with van der Waals surface area (Å²) >= 11 is 5.83. The molecule has 0 aliphatic carbocycles. The van der Waals surface area contributed by atoms with Gasteiger partial charge in [-0.3, -0.25) is 9.52 Å². The van der Waals surface area contributed by atoms with Gasteiger partial charge in [0, 0.05) is 21.7 Å². The quantitative estimate of drug-likeness (QED) is 0.308. The van der Waals surface area contributed by atoms with E-state index in [0.717, 1.165) is 11.1 Å². The van der Waals surface area contributed by atoms with Crippen molar-refractivity contribution in [1.82, 2.24) is 4.98 Å². The lowest BCUT2D eigenvalue weighted by Crippen LogP contribution is -2.13. The first-order valence-electron chi connectivity index (χ1n) is 9.81. The zero-order valence-corrected chi connectivity index (χ0v) is 19.2. The van der Waals surface area contributed by atoms with Gasteiger partial charge in [0.1, 0.15) is 0 Å². The van der Waals surface area contributed by atoms with E-state index in [1.807, 2.05) is 19.9 Å². The third-order valence-electron chi connectivity index (χ3n) is 5.19. The van der Waals surface area contributed by atoms with Crippen molar-refractivity contribution >= 4 is 49.8 Å². The summed E-state index contributed by atoms with van der Waals surface area (Å²) in [7, 11) is -3.95. The minimum absolute atomic E-state index is 0.0316. The lowest BCUT2D eigenvalue weighted by molar-refractivity contribution is 0.0995. The van der Waals surface area contributed by atoms with Crippen LogP contribution in [-0.2, 0) is 10.0 Å². The third kappa shape index (κ3) is 4.59. The second-order valence-corrected chi connectivity index (χ2v) is 9.52. The summed E-state index contributed by atoms with van der Waals surface area (Å²) in [4.78, 5) is 15.3. The standard InChI is InChI=1S/C23H19ClN4O4S/c1-13-6-11-19-20(14(13)2)25-23(30)21(19)26-27-22(29)15-4-3-5-18(12-15)33(31,32)28-17-9-7-16(24)8-10-17/h3-12,25,28,30H,1-2H3. The van der Waals surface area contributed by atoms with Crippen LogP contribution in [0.3, 0.4) is 0 Å². The number of halogens is 1. The first-order chi connectivity index (χ1) is 15.7. The number of aryl methyl sites for hydroxylation is 2. The van der Waals surface area contributed by atoms with Gasteiger partial charge >= 0.3 is 0 Å². The fourth-order valence-corrected chi connectivity index (χ4v) is 4.49. The number of hydrogen-bond acceptors (Lipinski definition) is 5. The number of azo groups is 1. The Morgan fingerprint density at radius 2 is 1.79 bits per heavy atom. The number of sulfonamides is 1. The number of carbonyl (C=O) groups excluding carboxylic acids is 1. The smallest absolute Gasteiger partial charge is 0.295 e. The number of aromatic nitrogens is 1. The van der Waals surface area contributed by atoms with Crippen molar-refractivity contribution in [3.05, 3.63) is 82.4 Å². The molecular weight excluding hydrogens is 464 g/mol. The maximum atomic E-state index is 12.7. The second-order valence-electron chi connectivity index (χ2n) is 7.40. The summed E-state index contributed by atoms with van der Waals surface area (Å²) in [6, 6.07) is 15.3. The molecule has 0 aliphatic heterocycles. The first-order valence-corrected chi connectivity index (χ1v) is 11.7. The molecule has 10 heteroatoms. The maximum Gasteiger partial charge on any atom is 0.295 e. The summed E-state index contributed by atoms with van der Waals surface area (Å²) in [5.41, 5.74) is 3.18. The fraction of sp³-hybridized carbons (Fsp3) is 0.0870. The minimum atomic E-state index is -3.95. The number of fused-ring (bicyclic) bond motifs is 1. The SMILES string of the molecule is Cc1ccc2c(N=NC(=O)c3cccc(S(=O)(=O)Nc4ccc(Cl)cc4)c3)c(O)[nH]c2c1C. The zero-order valence-electron chi connectivity index (χ0n) is 17.6. The Hall–Kier alpha value is -3.69. The number of aromatic amines is 1. The van der Waals surface area contributed by atoms with Crippen molar-refractivity contribution in [3.8, 4) is 5.88 Å². The lowest BCUT2D eigenvalue weighted by atomic mass is 10.1. The van der Waals surface area contributed by atoms with Gasteiger partial charge in [-0.2, -0.15) is 0 Å². The molecular formula is C23H19ClN4O4S. The number of carbonyl (C=O) groups is 1. The number of nitrogens with zero attached hydrogens (tertiary/aromatic N) is 2. The molecule has 0 saturated carbocycles. The molecule has 33 heavy (non-hydrogen) atoms. The second kappa shape index (κ2) is 8.68. The van der Waals surface area contributed by atoms with E-state index in [-0.39, 0.29) is 22.0 Å². The molecule has 168 valence electrons. The molecule has 0 spiro atoms. The van der Waals surface area contributed by atoms with E-state index in [0.29, 0.717) is 21.6 Å². The normalized spacial score (nSPS) is 11.8. The third-order valence-corrected chi connectivity index (χ3v) is 6.82. The van der Waals surface area contributed by atoms with Gasteiger partial charge in [0.25, 0.3) is 15.9 Å². The van der Waals surface area contributed by atoms with Crippen molar-refractivity contribution in [2.75, 3.05) is 4.72 Å². The van der Waals surface area contributed by atoms with Gasteiger partial charge in [-0.15, -0.1) is 10.2 Å². The number of amides is 1. The maximum absolute atomic E-state index is 12.7. The Bertz CT molecular complexity index is 1510. The predicted octanol–water partition coefficient (Wildman–Crippen LogP) is 5.87. The van der Waals surface area contributed by atoms with Crippen LogP contribution in [0.25, 0.3) is 10.9 Å². The largest absolute Gasteiger partial charge is 0.493 e. The molecule has 1 heterocycles. The van der Waals surface area contributed by atoms with Crippen molar-refractivity contribution in [2.24, 2.45) is 10.2 Å². The number of nitrogens with one attached hydrogen (secondary N) is 2. The molecule has 0 radical (unpaired) electrons. The number of hydrogen-bond donors (Lipinski definition) is 3. The van der Waals surface area contributed by atoms with Gasteiger partial charge in [-0.1, -0.05) is 29.8 Å². The molecule has 0 saturated heterocycles. The Balaban J connectivity index is 1.60. The van der Waals surface area contributed by atoms with E-state index in [1.54, 1.807) is 18.2 Å². The van der Waals surface area contributed by atoms with Crippen molar-refractivity contribution < 1.29 is 18.3 Å². The van der Waals surface area contributed by atoms with E-state index < -0.39 is 15.9 Å². The van der Waals surface area contributed by atoms with Crippen molar-refractivity contribution in [3.63, 3.8) is 0 Å². The van der Waals surface area contributed by atoms with E-state index >= 15 is 0 Å². The molecule has 3 N–H and O–H groups in total. The first kappa shape index (κ1) is 22.5. The highest BCUT2D eigenvalue weighted by molar-refractivity contribution is 7.92. The summed E-state index contributed by atoms with van der Waals surface area (Å²) < 4.78 is 27.9. The molecule has 0 atom stereocenters. The van der Waals surface area contributed by atoms with Crippen LogP contribution in [0.2, 0.25) is 5.02 Å². The zero-order chi connectivity index (χ0) is 23.8. The Morgan fingerprint density at radius 3 is 2.52 bits per heavy atom. The van der Waals surface area contributed by atoms with Gasteiger partial charge < -0.3 is 10.1 Å². The highest BCUT2D eigenvalue weighted by atomic mass is 35.5. The van der Waals surface area contributed by atoms with Crippen LogP contribution in [0.15, 0.2) is 75.8 Å². The molecule has 3 aromatic carbocycles. The van der Waals surface area contributed by atoms with Crippen molar-refractivity contribution in [2.45, 2.75) is 18.7 Å². The predicted molar refractivity (Wildman–Crippen MR) is 127 cm³/mol. The van der Waals surface area contributed by atoms with E-state index in [9.17, 15) is 18.3 Å². The molecule has 0 unspecified atom stereocenters. The van der Waals surface area contributed by atoms with Crippen LogP contribution in [0.1, 0.15) is 21.5 Å². The van der Waals surface area contributed by atoms with Crippen LogP contribution >= 0.6 is 11.6 Å². The fourth-order valence-electron chi connectivity index (χ4n) is 3.26. The molecule has 4 aromatic rings. The topological polar surface area (TPSA) is 124 Å². The summed E-state index contributed by atoms with van der Waals surface area (Å²) in [6.45, 7) is 3.85. The van der Waals surface area contributed by atoms with Gasteiger partial charge in [0.05, 0.1) is 10.4 Å². The number of H-pyrrole nitrogens is 1. The molecule has 0 fully saturated rings. The van der Waals surface area contributed by atoms with E-state index in [4.69, 9.17) is 11.6 Å². The Morgan fingerprint density at radius 1 is 1.06 bits per heavy atom. The van der Waals surface area contributed by atoms with Gasteiger partial charge in [0.15, 0.2) is 5.69 Å². The van der Waals surface area contributed by atoms with Crippen molar-refractivity contribution in [1.29, 1.82) is 0 Å². The van der Waals surface area contributed by atoms with E-state index in [2.05, 4.69) is 19.9 Å². The van der Waals surface area contributed by atoms with Gasteiger partial charge in [0.2, 0.25) is 5.88 Å². The van der Waals surface area contributed by atoms with Crippen LogP contribution in [-0.4, -0.2) is 24.4 Å². The minimum Gasteiger partial charge on any atom is -0.493 e. The Labute approximate surface area is 195 Å². The average Bonchev–Trinajstić information content (AvgIpc) is 3.12. The highest BCUT2D eigenvalue weighted by Crippen LogP contribution is 2.37. The Kier molecular flexibility index (Phi) is 5.92. The molecule has 0 bridgehead atoms. The molecule has 1 aromatic heterocycles. The average molecular weight is 483 g/mol. The van der Waals surface area contributed by atoms with Crippen LogP contribution in [0, 0.1) is 13.8 Å². The lowest BCUT2D eigenvalue weighted by Gasteiger charge is -2.08. The van der Waals surface area contributed by atoms with Crippen LogP contribution in [0.4, 0.5) is 11.4 Å². The summed E-state index contributed by atoms with van der Waals surface area (Å²) in [5.74, 6) is -0.963.